The van der Waals surface area contributed by atoms with Crippen molar-refractivity contribution in [2.45, 2.75) is 58.4 Å². The van der Waals surface area contributed by atoms with Crippen molar-refractivity contribution in [3.05, 3.63) is 30.5 Å². The van der Waals surface area contributed by atoms with Gasteiger partial charge in [0.1, 0.15) is 0 Å². The highest BCUT2D eigenvalue weighted by atomic mass is 15.2. The molecule has 1 aromatic heterocycles. The Bertz CT molecular complexity index is 567. The van der Waals surface area contributed by atoms with Crippen molar-refractivity contribution in [2.75, 3.05) is 0 Å². The molecule has 0 bridgehead atoms. The van der Waals surface area contributed by atoms with Gasteiger partial charge in [-0.05, 0) is 12.8 Å². The van der Waals surface area contributed by atoms with E-state index in [1.165, 1.54) is 25.7 Å². The van der Waals surface area contributed by atoms with Gasteiger partial charge in [0.05, 0.1) is 12.2 Å². The van der Waals surface area contributed by atoms with Gasteiger partial charge >= 0.3 is 0 Å². The summed E-state index contributed by atoms with van der Waals surface area (Å²) >= 11 is 0. The van der Waals surface area contributed by atoms with Crippen molar-refractivity contribution >= 4 is 16.6 Å². The van der Waals surface area contributed by atoms with E-state index in [1.807, 2.05) is 24.3 Å². The van der Waals surface area contributed by atoms with E-state index in [2.05, 4.69) is 34.3 Å². The van der Waals surface area contributed by atoms with Crippen LogP contribution >= 0.6 is 0 Å². The van der Waals surface area contributed by atoms with Crippen molar-refractivity contribution in [3.8, 4) is 0 Å². The largest absolute Gasteiger partial charge is 0.203 e. The van der Waals surface area contributed by atoms with Crippen LogP contribution in [0.1, 0.15) is 52.4 Å². The standard InChI is InChI=1S/C17H24N4/c1-3-5-10-15(11-6-4-2)19-21-17-16-12-8-7-9-14(16)13-18-20-17/h7-9,12-13,15H,3-6,10-11H2,1-2H3. The van der Waals surface area contributed by atoms with Crippen LogP contribution in [0.3, 0.4) is 0 Å². The van der Waals surface area contributed by atoms with E-state index < -0.39 is 0 Å². The van der Waals surface area contributed by atoms with Gasteiger partial charge in [0, 0.05) is 10.8 Å². The van der Waals surface area contributed by atoms with Crippen LogP contribution in [-0.4, -0.2) is 16.2 Å². The molecule has 0 aliphatic rings. The predicted molar refractivity (Wildman–Crippen MR) is 86.9 cm³/mol. The zero-order valence-corrected chi connectivity index (χ0v) is 13.0. The van der Waals surface area contributed by atoms with E-state index in [1.54, 1.807) is 6.20 Å². The molecule has 0 unspecified atom stereocenters. The molecule has 1 heterocycles. The van der Waals surface area contributed by atoms with E-state index in [9.17, 15) is 0 Å². The molecule has 0 aliphatic heterocycles. The molecule has 1 aromatic carbocycles. The van der Waals surface area contributed by atoms with Crippen LogP contribution in [-0.2, 0) is 0 Å². The lowest BCUT2D eigenvalue weighted by atomic mass is 10.0. The van der Waals surface area contributed by atoms with Crippen molar-refractivity contribution in [1.29, 1.82) is 0 Å². The number of fused-ring (bicyclic) bond motifs is 1. The normalized spacial score (nSPS) is 11.8. The van der Waals surface area contributed by atoms with Crippen LogP contribution in [0.4, 0.5) is 5.82 Å². The Morgan fingerprint density at radius 2 is 1.76 bits per heavy atom. The number of benzene rings is 1. The maximum Gasteiger partial charge on any atom is 0.203 e. The van der Waals surface area contributed by atoms with Crippen LogP contribution in [0.15, 0.2) is 40.7 Å². The molecule has 0 aliphatic carbocycles. The molecule has 0 saturated carbocycles. The van der Waals surface area contributed by atoms with Gasteiger partial charge in [-0.1, -0.05) is 63.8 Å². The first-order chi connectivity index (χ1) is 10.3. The minimum Gasteiger partial charge on any atom is -0.184 e. The summed E-state index contributed by atoms with van der Waals surface area (Å²) in [5, 5.41) is 19.1. The highest BCUT2D eigenvalue weighted by Gasteiger charge is 2.07. The number of hydrogen-bond acceptors (Lipinski definition) is 4. The van der Waals surface area contributed by atoms with E-state index in [4.69, 9.17) is 0 Å². The van der Waals surface area contributed by atoms with Gasteiger partial charge in [0.2, 0.25) is 5.82 Å². The number of hydrogen-bond donors (Lipinski definition) is 0. The van der Waals surface area contributed by atoms with Gasteiger partial charge in [-0.2, -0.15) is 10.2 Å². The fraction of sp³-hybridized carbons (Fsp3) is 0.529. The molecule has 4 heteroatoms. The van der Waals surface area contributed by atoms with Crippen LogP contribution in [0, 0.1) is 0 Å². The summed E-state index contributed by atoms with van der Waals surface area (Å²) in [7, 11) is 0. The second-order valence-corrected chi connectivity index (χ2v) is 5.41. The van der Waals surface area contributed by atoms with E-state index in [0.717, 1.165) is 23.6 Å². The number of nitrogens with zero attached hydrogens (tertiary/aromatic N) is 4. The maximum atomic E-state index is 4.54. The Labute approximate surface area is 126 Å². The van der Waals surface area contributed by atoms with Gasteiger partial charge in [-0.25, -0.2) is 0 Å². The van der Waals surface area contributed by atoms with Gasteiger partial charge in [-0.3, -0.25) is 0 Å². The zero-order valence-electron chi connectivity index (χ0n) is 13.0. The average Bonchev–Trinajstić information content (AvgIpc) is 2.54. The van der Waals surface area contributed by atoms with E-state index >= 15 is 0 Å². The van der Waals surface area contributed by atoms with E-state index in [-0.39, 0.29) is 0 Å². The van der Waals surface area contributed by atoms with Gasteiger partial charge < -0.3 is 0 Å². The van der Waals surface area contributed by atoms with Gasteiger partial charge in [0.15, 0.2) is 0 Å². The molecular formula is C17H24N4. The summed E-state index contributed by atoms with van der Waals surface area (Å²) in [5.74, 6) is 0.631. The highest BCUT2D eigenvalue weighted by molar-refractivity contribution is 5.89. The Hall–Kier alpha value is -1.84. The summed E-state index contributed by atoms with van der Waals surface area (Å²) < 4.78 is 0. The zero-order chi connectivity index (χ0) is 14.9. The predicted octanol–water partition coefficient (Wildman–Crippen LogP) is 5.46. The third kappa shape index (κ3) is 4.59. The first-order valence-corrected chi connectivity index (χ1v) is 7.96. The molecule has 21 heavy (non-hydrogen) atoms. The molecule has 0 saturated heterocycles. The lowest BCUT2D eigenvalue weighted by molar-refractivity contribution is 0.506. The Morgan fingerprint density at radius 3 is 2.48 bits per heavy atom. The average molecular weight is 284 g/mol. The molecule has 0 radical (unpaired) electrons. The molecule has 2 rings (SSSR count). The third-order valence-corrected chi connectivity index (χ3v) is 3.65. The van der Waals surface area contributed by atoms with Crippen molar-refractivity contribution in [2.24, 2.45) is 10.2 Å². The van der Waals surface area contributed by atoms with Crippen molar-refractivity contribution < 1.29 is 0 Å². The fourth-order valence-electron chi connectivity index (χ4n) is 2.36. The summed E-state index contributed by atoms with van der Waals surface area (Å²) in [6.07, 6.45) is 8.79. The second-order valence-electron chi connectivity index (χ2n) is 5.41. The quantitative estimate of drug-likeness (QED) is 0.604. The molecule has 0 spiro atoms. The van der Waals surface area contributed by atoms with Gasteiger partial charge in [0.25, 0.3) is 0 Å². The smallest absolute Gasteiger partial charge is 0.184 e. The monoisotopic (exact) mass is 284 g/mol. The third-order valence-electron chi connectivity index (χ3n) is 3.65. The number of unbranched alkanes of at least 4 members (excludes halogenated alkanes) is 2. The van der Waals surface area contributed by atoms with Crippen molar-refractivity contribution in [1.82, 2.24) is 10.2 Å². The van der Waals surface area contributed by atoms with Crippen LogP contribution in [0.2, 0.25) is 0 Å². The molecule has 4 nitrogen and oxygen atoms in total. The van der Waals surface area contributed by atoms with Gasteiger partial charge in [-0.15, -0.1) is 10.2 Å². The molecule has 0 amide bonds. The van der Waals surface area contributed by atoms with Crippen molar-refractivity contribution in [3.63, 3.8) is 0 Å². The molecule has 0 fully saturated rings. The summed E-state index contributed by atoms with van der Waals surface area (Å²) in [6.45, 7) is 4.43. The minimum atomic E-state index is 0.311. The second kappa shape index (κ2) is 8.45. The minimum absolute atomic E-state index is 0.311. The first kappa shape index (κ1) is 15.5. The topological polar surface area (TPSA) is 50.5 Å². The number of rotatable bonds is 8. The molecule has 2 aromatic rings. The highest BCUT2D eigenvalue weighted by Crippen LogP contribution is 2.23. The maximum absolute atomic E-state index is 4.54. The number of azo groups is 1. The molecule has 112 valence electrons. The van der Waals surface area contributed by atoms with Crippen LogP contribution < -0.4 is 0 Å². The lowest BCUT2D eigenvalue weighted by Gasteiger charge is -2.09. The van der Waals surface area contributed by atoms with E-state index in [0.29, 0.717) is 11.9 Å². The van der Waals surface area contributed by atoms with Crippen LogP contribution in [0.5, 0.6) is 0 Å². The fourth-order valence-corrected chi connectivity index (χ4v) is 2.36. The lowest BCUT2D eigenvalue weighted by Crippen LogP contribution is -2.03. The summed E-state index contributed by atoms with van der Waals surface area (Å²) in [5.41, 5.74) is 0. The summed E-state index contributed by atoms with van der Waals surface area (Å²) in [6, 6.07) is 8.34. The summed E-state index contributed by atoms with van der Waals surface area (Å²) in [4.78, 5) is 0. The SMILES string of the molecule is CCCCC(CCCC)N=Nc1nncc2ccccc12. The molecule has 0 atom stereocenters. The molecule has 0 N–H and O–H groups in total. The molecular weight excluding hydrogens is 260 g/mol. The Balaban J connectivity index is 2.15. The Morgan fingerprint density at radius 1 is 1.05 bits per heavy atom. The Kier molecular flexibility index (Phi) is 6.25. The number of aromatic nitrogens is 2. The van der Waals surface area contributed by atoms with Crippen LogP contribution in [0.25, 0.3) is 10.8 Å². The first-order valence-electron chi connectivity index (χ1n) is 7.96.